The third-order valence-corrected chi connectivity index (χ3v) is 2.59. The minimum atomic E-state index is 0.664. The quantitative estimate of drug-likeness (QED) is 0.865. The predicted molar refractivity (Wildman–Crippen MR) is 74.7 cm³/mol. The summed E-state index contributed by atoms with van der Waals surface area (Å²) in [6, 6.07) is 9.46. The maximum Gasteiger partial charge on any atom is 0.134 e. The van der Waals surface area contributed by atoms with Crippen LogP contribution >= 0.6 is 0 Å². The van der Waals surface area contributed by atoms with Gasteiger partial charge >= 0.3 is 0 Å². The van der Waals surface area contributed by atoms with Gasteiger partial charge in [-0.1, -0.05) is 0 Å². The molecule has 1 heterocycles. The van der Waals surface area contributed by atoms with Crippen LogP contribution in [0.25, 0.3) is 0 Å². The van der Waals surface area contributed by atoms with Crippen molar-refractivity contribution in [2.75, 3.05) is 13.7 Å². The number of rotatable bonds is 6. The van der Waals surface area contributed by atoms with E-state index in [2.05, 4.69) is 10.3 Å². The molecule has 0 bridgehead atoms. The minimum absolute atomic E-state index is 0.664. The zero-order valence-corrected chi connectivity index (χ0v) is 11.2. The molecule has 0 saturated heterocycles. The Balaban J connectivity index is 2.12. The summed E-state index contributed by atoms with van der Waals surface area (Å²) in [5, 5.41) is 3.10. The van der Waals surface area contributed by atoms with Gasteiger partial charge in [-0.3, -0.25) is 4.98 Å². The van der Waals surface area contributed by atoms with Crippen LogP contribution in [0.5, 0.6) is 17.2 Å². The fourth-order valence-electron chi connectivity index (χ4n) is 1.73. The van der Waals surface area contributed by atoms with E-state index in [4.69, 9.17) is 9.47 Å². The molecule has 100 valence electrons. The van der Waals surface area contributed by atoms with Crippen LogP contribution in [0.15, 0.2) is 42.7 Å². The van der Waals surface area contributed by atoms with Crippen molar-refractivity contribution in [2.24, 2.45) is 0 Å². The van der Waals surface area contributed by atoms with Crippen molar-refractivity contribution in [2.45, 2.75) is 13.5 Å². The summed E-state index contributed by atoms with van der Waals surface area (Å²) in [5.74, 6) is 2.44. The lowest BCUT2D eigenvalue weighted by Crippen LogP contribution is -2.06. The molecule has 1 aromatic carbocycles. The molecule has 2 rings (SSSR count). The topological polar surface area (TPSA) is 43.4 Å². The van der Waals surface area contributed by atoms with Gasteiger partial charge in [0.05, 0.1) is 6.61 Å². The predicted octanol–water partition coefficient (Wildman–Crippen LogP) is 2.99. The Morgan fingerprint density at radius 3 is 2.53 bits per heavy atom. The van der Waals surface area contributed by atoms with E-state index in [1.165, 1.54) is 0 Å². The van der Waals surface area contributed by atoms with Crippen LogP contribution < -0.4 is 14.8 Å². The second kappa shape index (κ2) is 6.75. The number of aromatic nitrogens is 1. The molecular formula is C15H18N2O2. The molecule has 4 heteroatoms. The van der Waals surface area contributed by atoms with E-state index in [0.29, 0.717) is 6.61 Å². The highest BCUT2D eigenvalue weighted by Crippen LogP contribution is 2.26. The number of nitrogens with zero attached hydrogens (tertiary/aromatic N) is 1. The van der Waals surface area contributed by atoms with Gasteiger partial charge in [-0.05, 0) is 44.3 Å². The van der Waals surface area contributed by atoms with Gasteiger partial charge in [0, 0.05) is 24.5 Å². The summed E-state index contributed by atoms with van der Waals surface area (Å²) in [6.07, 6.45) is 3.53. The molecule has 0 spiro atoms. The van der Waals surface area contributed by atoms with Crippen LogP contribution in [0.1, 0.15) is 12.5 Å². The number of hydrogen-bond donors (Lipinski definition) is 1. The molecule has 0 aliphatic carbocycles. The highest BCUT2D eigenvalue weighted by molar-refractivity contribution is 5.38. The van der Waals surface area contributed by atoms with E-state index < -0.39 is 0 Å². The largest absolute Gasteiger partial charge is 0.494 e. The van der Waals surface area contributed by atoms with Crippen LogP contribution in [0.3, 0.4) is 0 Å². The van der Waals surface area contributed by atoms with Gasteiger partial charge in [-0.2, -0.15) is 0 Å². The van der Waals surface area contributed by atoms with Crippen molar-refractivity contribution in [3.8, 4) is 17.2 Å². The fraction of sp³-hybridized carbons (Fsp3) is 0.267. The Morgan fingerprint density at radius 2 is 1.84 bits per heavy atom. The number of hydrogen-bond acceptors (Lipinski definition) is 4. The first-order valence-electron chi connectivity index (χ1n) is 6.31. The van der Waals surface area contributed by atoms with Crippen molar-refractivity contribution >= 4 is 0 Å². The zero-order chi connectivity index (χ0) is 13.5. The van der Waals surface area contributed by atoms with E-state index in [0.717, 1.165) is 29.4 Å². The molecule has 4 nitrogen and oxygen atoms in total. The van der Waals surface area contributed by atoms with Crippen molar-refractivity contribution in [1.82, 2.24) is 10.3 Å². The Morgan fingerprint density at radius 1 is 1.11 bits per heavy atom. The molecule has 0 amide bonds. The Labute approximate surface area is 113 Å². The lowest BCUT2D eigenvalue weighted by atomic mass is 10.2. The normalized spacial score (nSPS) is 10.2. The lowest BCUT2D eigenvalue weighted by Gasteiger charge is -2.11. The van der Waals surface area contributed by atoms with Crippen molar-refractivity contribution in [3.63, 3.8) is 0 Å². The highest BCUT2D eigenvalue weighted by Gasteiger charge is 2.04. The Hall–Kier alpha value is -2.07. The average Bonchev–Trinajstić information content (AvgIpc) is 2.44. The molecule has 19 heavy (non-hydrogen) atoms. The lowest BCUT2D eigenvalue weighted by molar-refractivity contribution is 0.339. The Bertz CT molecular complexity index is 512. The van der Waals surface area contributed by atoms with Gasteiger partial charge in [0.25, 0.3) is 0 Å². The molecule has 0 unspecified atom stereocenters. The molecule has 0 aliphatic rings. The van der Waals surface area contributed by atoms with Crippen LogP contribution in [-0.4, -0.2) is 18.6 Å². The van der Waals surface area contributed by atoms with E-state index in [-0.39, 0.29) is 0 Å². The molecule has 1 aromatic heterocycles. The monoisotopic (exact) mass is 258 g/mol. The van der Waals surface area contributed by atoms with E-state index in [1.807, 2.05) is 44.3 Å². The second-order valence-electron chi connectivity index (χ2n) is 4.02. The van der Waals surface area contributed by atoms with E-state index in [9.17, 15) is 0 Å². The van der Waals surface area contributed by atoms with Gasteiger partial charge in [0.2, 0.25) is 0 Å². The van der Waals surface area contributed by atoms with Crippen molar-refractivity contribution in [1.29, 1.82) is 0 Å². The number of benzene rings is 1. The third kappa shape index (κ3) is 3.69. The maximum absolute atomic E-state index is 5.86. The molecule has 0 aliphatic heterocycles. The van der Waals surface area contributed by atoms with Gasteiger partial charge in [-0.15, -0.1) is 0 Å². The summed E-state index contributed by atoms with van der Waals surface area (Å²) in [7, 11) is 1.90. The average molecular weight is 258 g/mol. The van der Waals surface area contributed by atoms with Crippen LogP contribution in [0.4, 0.5) is 0 Å². The number of nitrogens with one attached hydrogen (secondary N) is 1. The zero-order valence-electron chi connectivity index (χ0n) is 11.2. The van der Waals surface area contributed by atoms with Gasteiger partial charge in [0.1, 0.15) is 17.2 Å². The van der Waals surface area contributed by atoms with Crippen LogP contribution in [0.2, 0.25) is 0 Å². The van der Waals surface area contributed by atoms with Crippen LogP contribution in [0, 0.1) is 0 Å². The van der Waals surface area contributed by atoms with Crippen molar-refractivity contribution < 1.29 is 9.47 Å². The van der Waals surface area contributed by atoms with Gasteiger partial charge in [0.15, 0.2) is 0 Å². The van der Waals surface area contributed by atoms with Gasteiger partial charge < -0.3 is 14.8 Å². The first-order chi connectivity index (χ1) is 9.33. The van der Waals surface area contributed by atoms with Gasteiger partial charge in [-0.25, -0.2) is 0 Å². The summed E-state index contributed by atoms with van der Waals surface area (Å²) < 4.78 is 11.3. The SMILES string of the molecule is CCOc1ccc(Oc2ccncc2CNC)cc1. The molecule has 0 fully saturated rings. The molecule has 0 radical (unpaired) electrons. The molecular weight excluding hydrogens is 240 g/mol. The summed E-state index contributed by atoms with van der Waals surface area (Å²) >= 11 is 0. The van der Waals surface area contributed by atoms with Crippen LogP contribution in [-0.2, 0) is 6.54 Å². The minimum Gasteiger partial charge on any atom is -0.494 e. The first-order valence-corrected chi connectivity index (χ1v) is 6.31. The fourth-order valence-corrected chi connectivity index (χ4v) is 1.73. The smallest absolute Gasteiger partial charge is 0.134 e. The van der Waals surface area contributed by atoms with E-state index >= 15 is 0 Å². The number of ether oxygens (including phenoxy) is 2. The summed E-state index contributed by atoms with van der Waals surface area (Å²) in [5.41, 5.74) is 1.03. The first kappa shape index (κ1) is 13.4. The van der Waals surface area contributed by atoms with Crippen molar-refractivity contribution in [3.05, 3.63) is 48.3 Å². The Kier molecular flexibility index (Phi) is 4.75. The van der Waals surface area contributed by atoms with E-state index in [1.54, 1.807) is 12.4 Å². The second-order valence-corrected chi connectivity index (χ2v) is 4.02. The summed E-state index contributed by atoms with van der Waals surface area (Å²) in [6.45, 7) is 3.35. The molecule has 1 N–H and O–H groups in total. The molecule has 0 atom stereocenters. The maximum atomic E-state index is 5.86. The standard InChI is InChI=1S/C15H18N2O2/c1-3-18-13-4-6-14(7-5-13)19-15-8-9-17-11-12(15)10-16-2/h4-9,11,16H,3,10H2,1-2H3. The summed E-state index contributed by atoms with van der Waals surface area (Å²) in [4.78, 5) is 4.10. The molecule has 0 saturated carbocycles. The molecule has 2 aromatic rings. The third-order valence-electron chi connectivity index (χ3n) is 2.59. The highest BCUT2D eigenvalue weighted by atomic mass is 16.5. The number of pyridine rings is 1.